The molecular weight excluding hydrogens is 368 g/mol. The second-order valence-electron chi connectivity index (χ2n) is 8.38. The Hall–Kier alpha value is -2.45. The zero-order valence-corrected chi connectivity index (χ0v) is 17.1. The summed E-state index contributed by atoms with van der Waals surface area (Å²) in [5.41, 5.74) is 3.41. The van der Waals surface area contributed by atoms with Crippen molar-refractivity contribution in [3.8, 4) is 11.4 Å². The van der Waals surface area contributed by atoms with Gasteiger partial charge in [0.25, 0.3) is 0 Å². The first-order chi connectivity index (χ1) is 14.1. The minimum atomic E-state index is -0.844. The third-order valence-electron chi connectivity index (χ3n) is 6.38. The SMILES string of the molecule is CC1COCCN1c1cc(C2(O)CCCCC2)c2c(n1)c(-c1ccn[nH]1)nn2C. The predicted molar refractivity (Wildman–Crippen MR) is 111 cm³/mol. The molecule has 5 rings (SSSR count). The van der Waals surface area contributed by atoms with E-state index in [9.17, 15) is 5.11 Å². The van der Waals surface area contributed by atoms with Crippen molar-refractivity contribution in [1.29, 1.82) is 0 Å². The Morgan fingerprint density at radius 3 is 2.83 bits per heavy atom. The molecule has 8 nitrogen and oxygen atoms in total. The van der Waals surface area contributed by atoms with Crippen LogP contribution in [0.25, 0.3) is 22.4 Å². The summed E-state index contributed by atoms with van der Waals surface area (Å²) >= 11 is 0. The molecule has 8 heteroatoms. The highest BCUT2D eigenvalue weighted by molar-refractivity contribution is 5.92. The number of aryl methyl sites for hydroxylation is 1. The molecule has 4 heterocycles. The fraction of sp³-hybridized carbons (Fsp3) is 0.571. The molecule has 1 saturated carbocycles. The van der Waals surface area contributed by atoms with Crippen molar-refractivity contribution in [2.75, 3.05) is 24.7 Å². The first kappa shape index (κ1) is 18.6. The molecule has 0 aromatic carbocycles. The zero-order valence-electron chi connectivity index (χ0n) is 17.1. The highest BCUT2D eigenvalue weighted by Gasteiger charge is 2.36. The number of pyridine rings is 1. The molecule has 1 atom stereocenters. The van der Waals surface area contributed by atoms with Gasteiger partial charge in [0.2, 0.25) is 0 Å². The summed E-state index contributed by atoms with van der Waals surface area (Å²) in [5, 5.41) is 23.5. The number of anilines is 1. The van der Waals surface area contributed by atoms with Crippen LogP contribution in [-0.4, -0.2) is 55.9 Å². The summed E-state index contributed by atoms with van der Waals surface area (Å²) in [5.74, 6) is 0.885. The molecule has 1 saturated heterocycles. The summed E-state index contributed by atoms with van der Waals surface area (Å²) in [7, 11) is 1.93. The lowest BCUT2D eigenvalue weighted by atomic mass is 9.79. The number of aromatic amines is 1. The smallest absolute Gasteiger partial charge is 0.136 e. The van der Waals surface area contributed by atoms with Gasteiger partial charge in [-0.15, -0.1) is 0 Å². The largest absolute Gasteiger partial charge is 0.385 e. The number of fused-ring (bicyclic) bond motifs is 1. The first-order valence-electron chi connectivity index (χ1n) is 10.5. The minimum absolute atomic E-state index is 0.231. The molecular formula is C21H28N6O2. The van der Waals surface area contributed by atoms with Crippen molar-refractivity contribution in [3.63, 3.8) is 0 Å². The fourth-order valence-electron chi connectivity index (χ4n) is 4.81. The number of hydrogen-bond acceptors (Lipinski definition) is 6. The molecule has 1 aliphatic heterocycles. The number of rotatable bonds is 3. The van der Waals surface area contributed by atoms with Gasteiger partial charge in [0, 0.05) is 25.4 Å². The molecule has 1 aliphatic carbocycles. The molecule has 2 fully saturated rings. The average Bonchev–Trinajstić information content (AvgIpc) is 3.36. The van der Waals surface area contributed by atoms with Crippen LogP contribution < -0.4 is 4.90 Å². The van der Waals surface area contributed by atoms with Crippen LogP contribution in [0.1, 0.15) is 44.6 Å². The number of nitrogens with one attached hydrogen (secondary N) is 1. The van der Waals surface area contributed by atoms with Gasteiger partial charge in [-0.25, -0.2) is 4.98 Å². The molecule has 0 radical (unpaired) electrons. The third kappa shape index (κ3) is 3.11. The van der Waals surface area contributed by atoms with Crippen LogP contribution in [-0.2, 0) is 17.4 Å². The van der Waals surface area contributed by atoms with Gasteiger partial charge in [-0.3, -0.25) is 9.78 Å². The number of aliphatic hydroxyl groups is 1. The van der Waals surface area contributed by atoms with E-state index < -0.39 is 5.60 Å². The number of nitrogens with zero attached hydrogens (tertiary/aromatic N) is 5. The third-order valence-corrected chi connectivity index (χ3v) is 6.38. The molecule has 1 unspecified atom stereocenters. The summed E-state index contributed by atoms with van der Waals surface area (Å²) in [6.07, 6.45) is 6.52. The van der Waals surface area contributed by atoms with Crippen molar-refractivity contribution >= 4 is 16.9 Å². The standard InChI is InChI=1S/C21H28N6O2/c1-14-13-29-11-10-27(14)17-12-15(21(28)7-4-3-5-8-21)20-19(23-17)18(25-26(20)2)16-6-9-22-24-16/h6,9,12,14,28H,3-5,7-8,10-11,13H2,1-2H3,(H,22,24). The Bertz CT molecular complexity index is 1010. The van der Waals surface area contributed by atoms with Crippen molar-refractivity contribution in [2.45, 2.75) is 50.7 Å². The highest BCUT2D eigenvalue weighted by atomic mass is 16.5. The number of aromatic nitrogens is 5. The van der Waals surface area contributed by atoms with E-state index in [0.717, 1.165) is 66.0 Å². The molecule has 0 amide bonds. The molecule has 29 heavy (non-hydrogen) atoms. The Kier molecular flexibility index (Phi) is 4.55. The van der Waals surface area contributed by atoms with E-state index in [-0.39, 0.29) is 6.04 Å². The number of H-pyrrole nitrogens is 1. The van der Waals surface area contributed by atoms with Gasteiger partial charge in [0.1, 0.15) is 17.0 Å². The van der Waals surface area contributed by atoms with Crippen LogP contribution in [0.2, 0.25) is 0 Å². The molecule has 3 aromatic rings. The van der Waals surface area contributed by atoms with Gasteiger partial charge in [0.15, 0.2) is 0 Å². The van der Waals surface area contributed by atoms with Crippen molar-refractivity contribution < 1.29 is 9.84 Å². The van der Waals surface area contributed by atoms with E-state index in [0.29, 0.717) is 13.2 Å². The van der Waals surface area contributed by atoms with E-state index in [2.05, 4.69) is 28.1 Å². The van der Waals surface area contributed by atoms with Crippen LogP contribution in [0, 0.1) is 0 Å². The molecule has 3 aromatic heterocycles. The molecule has 154 valence electrons. The van der Waals surface area contributed by atoms with Crippen LogP contribution in [0.5, 0.6) is 0 Å². The van der Waals surface area contributed by atoms with Gasteiger partial charge in [-0.2, -0.15) is 10.2 Å². The number of morpholine rings is 1. The monoisotopic (exact) mass is 396 g/mol. The maximum absolute atomic E-state index is 11.7. The van der Waals surface area contributed by atoms with Crippen molar-refractivity contribution in [3.05, 3.63) is 23.9 Å². The summed E-state index contributed by atoms with van der Waals surface area (Å²) in [4.78, 5) is 7.32. The Morgan fingerprint density at radius 1 is 1.28 bits per heavy atom. The maximum atomic E-state index is 11.7. The van der Waals surface area contributed by atoms with Gasteiger partial charge in [-0.1, -0.05) is 19.3 Å². The van der Waals surface area contributed by atoms with Crippen molar-refractivity contribution in [2.24, 2.45) is 7.05 Å². The van der Waals surface area contributed by atoms with Gasteiger partial charge in [0.05, 0.1) is 36.1 Å². The average molecular weight is 396 g/mol. The molecule has 2 aliphatic rings. The second kappa shape index (κ2) is 7.11. The van der Waals surface area contributed by atoms with Gasteiger partial charge in [-0.05, 0) is 31.9 Å². The topological polar surface area (TPSA) is 92.1 Å². The fourth-order valence-corrected chi connectivity index (χ4v) is 4.81. The maximum Gasteiger partial charge on any atom is 0.136 e. The first-order valence-corrected chi connectivity index (χ1v) is 10.5. The van der Waals surface area contributed by atoms with E-state index in [1.54, 1.807) is 6.20 Å². The summed E-state index contributed by atoms with van der Waals surface area (Å²) in [6.45, 7) is 4.31. The number of hydrogen-bond donors (Lipinski definition) is 2. The van der Waals surface area contributed by atoms with Crippen LogP contribution in [0.4, 0.5) is 5.82 Å². The van der Waals surface area contributed by atoms with Gasteiger partial charge >= 0.3 is 0 Å². The normalized spacial score (nSPS) is 22.3. The molecule has 0 bridgehead atoms. The van der Waals surface area contributed by atoms with Crippen molar-refractivity contribution in [1.82, 2.24) is 25.0 Å². The minimum Gasteiger partial charge on any atom is -0.385 e. The van der Waals surface area contributed by atoms with E-state index in [1.807, 2.05) is 17.8 Å². The predicted octanol–water partition coefficient (Wildman–Crippen LogP) is 2.74. The lowest BCUT2D eigenvalue weighted by molar-refractivity contribution is 0.000404. The number of ether oxygens (including phenoxy) is 1. The molecule has 2 N–H and O–H groups in total. The Morgan fingerprint density at radius 2 is 2.10 bits per heavy atom. The van der Waals surface area contributed by atoms with E-state index >= 15 is 0 Å². The van der Waals surface area contributed by atoms with Gasteiger partial charge < -0.3 is 14.7 Å². The Balaban J connectivity index is 1.75. The summed E-state index contributed by atoms with van der Waals surface area (Å²) in [6, 6.07) is 4.23. The van der Waals surface area contributed by atoms with Crippen LogP contribution in [0.3, 0.4) is 0 Å². The van der Waals surface area contributed by atoms with E-state index in [4.69, 9.17) is 14.8 Å². The second-order valence-corrected chi connectivity index (χ2v) is 8.38. The highest BCUT2D eigenvalue weighted by Crippen LogP contribution is 2.42. The lowest BCUT2D eigenvalue weighted by Crippen LogP contribution is -2.44. The van der Waals surface area contributed by atoms with Crippen LogP contribution >= 0.6 is 0 Å². The Labute approximate surface area is 169 Å². The molecule has 0 spiro atoms. The summed E-state index contributed by atoms with van der Waals surface area (Å²) < 4.78 is 7.48. The zero-order chi connectivity index (χ0) is 20.0. The van der Waals surface area contributed by atoms with E-state index in [1.165, 1.54) is 6.42 Å². The van der Waals surface area contributed by atoms with Crippen LogP contribution in [0.15, 0.2) is 18.3 Å². The lowest BCUT2D eigenvalue weighted by Gasteiger charge is -2.37. The quantitative estimate of drug-likeness (QED) is 0.707.